The van der Waals surface area contributed by atoms with Crippen LogP contribution in [0.25, 0.3) is 0 Å². The van der Waals surface area contributed by atoms with Crippen LogP contribution in [0.1, 0.15) is 31.2 Å². The van der Waals surface area contributed by atoms with Crippen molar-refractivity contribution < 1.29 is 0 Å². The first kappa shape index (κ1) is 14.5. The third kappa shape index (κ3) is 3.08. The Bertz CT molecular complexity index is 458. The van der Waals surface area contributed by atoms with E-state index in [1.54, 1.807) is 0 Å². The summed E-state index contributed by atoms with van der Waals surface area (Å²) < 4.78 is 0. The Morgan fingerprint density at radius 3 is 2.60 bits per heavy atom. The largest absolute Gasteiger partial charge is 0.369 e. The van der Waals surface area contributed by atoms with Gasteiger partial charge in [-0.2, -0.15) is 0 Å². The summed E-state index contributed by atoms with van der Waals surface area (Å²) in [5, 5.41) is 0.836. The normalized spacial score (nSPS) is 24.3. The average molecular weight is 313 g/mol. The second-order valence-electron chi connectivity index (χ2n) is 5.90. The van der Waals surface area contributed by atoms with Crippen molar-refractivity contribution in [3.8, 4) is 0 Å². The Morgan fingerprint density at radius 1 is 1.10 bits per heavy atom. The second kappa shape index (κ2) is 6.55. The first-order valence-corrected chi connectivity index (χ1v) is 8.52. The van der Waals surface area contributed by atoms with E-state index in [0.29, 0.717) is 11.9 Å². The number of alkyl halides is 1. The minimum Gasteiger partial charge on any atom is -0.369 e. The van der Waals surface area contributed by atoms with E-state index in [4.69, 9.17) is 23.2 Å². The number of hydrogen-bond acceptors (Lipinski definition) is 2. The molecule has 20 heavy (non-hydrogen) atoms. The predicted octanol–water partition coefficient (Wildman–Crippen LogP) is 4.14. The van der Waals surface area contributed by atoms with E-state index < -0.39 is 0 Å². The van der Waals surface area contributed by atoms with Gasteiger partial charge in [0.05, 0.1) is 10.7 Å². The van der Waals surface area contributed by atoms with Gasteiger partial charge in [0.2, 0.25) is 0 Å². The molecule has 110 valence electrons. The summed E-state index contributed by atoms with van der Waals surface area (Å²) in [4.78, 5) is 5.10. The molecule has 0 amide bonds. The van der Waals surface area contributed by atoms with Gasteiger partial charge in [0.1, 0.15) is 0 Å². The van der Waals surface area contributed by atoms with Crippen LogP contribution >= 0.6 is 23.2 Å². The van der Waals surface area contributed by atoms with E-state index in [0.717, 1.165) is 23.7 Å². The lowest BCUT2D eigenvalue weighted by Gasteiger charge is -2.32. The first-order valence-electron chi connectivity index (χ1n) is 7.61. The first-order chi connectivity index (χ1) is 9.78. The van der Waals surface area contributed by atoms with Crippen LogP contribution in [0.3, 0.4) is 0 Å². The molecule has 3 rings (SSSR count). The van der Waals surface area contributed by atoms with Crippen LogP contribution in [-0.4, -0.2) is 37.1 Å². The van der Waals surface area contributed by atoms with Gasteiger partial charge in [-0.25, -0.2) is 0 Å². The molecule has 1 unspecified atom stereocenters. The quantitative estimate of drug-likeness (QED) is 0.774. The number of nitrogens with zero attached hydrogens (tertiary/aromatic N) is 2. The zero-order chi connectivity index (χ0) is 13.9. The molecule has 2 aliphatic heterocycles. The van der Waals surface area contributed by atoms with Crippen LogP contribution in [0.2, 0.25) is 5.02 Å². The molecule has 2 aliphatic rings. The third-order valence-electron chi connectivity index (χ3n) is 4.58. The Morgan fingerprint density at radius 2 is 1.90 bits per heavy atom. The molecule has 1 aromatic carbocycles. The topological polar surface area (TPSA) is 6.48 Å². The summed E-state index contributed by atoms with van der Waals surface area (Å²) in [5.41, 5.74) is 2.26. The number of anilines is 1. The summed E-state index contributed by atoms with van der Waals surface area (Å²) in [6.45, 7) is 4.77. The minimum absolute atomic E-state index is 0.524. The molecule has 2 nitrogen and oxygen atoms in total. The monoisotopic (exact) mass is 312 g/mol. The van der Waals surface area contributed by atoms with Crippen molar-refractivity contribution in [2.24, 2.45) is 0 Å². The highest BCUT2D eigenvalue weighted by molar-refractivity contribution is 6.33. The molecule has 0 aliphatic carbocycles. The molecule has 0 bridgehead atoms. The number of hydrogen-bond donors (Lipinski definition) is 0. The lowest BCUT2D eigenvalue weighted by molar-refractivity contribution is 0.175. The standard InChI is InChI=1S/C16H22Cl2N2/c17-11-13-4-5-16(15(18)10-13)20-9-6-14(12-20)19-7-2-1-3-8-19/h4-5,10,14H,1-3,6-9,11-12H2. The Balaban J connectivity index is 1.67. The van der Waals surface area contributed by atoms with Gasteiger partial charge < -0.3 is 4.90 Å². The number of rotatable bonds is 3. The van der Waals surface area contributed by atoms with Crippen LogP contribution in [0, 0.1) is 0 Å². The second-order valence-corrected chi connectivity index (χ2v) is 6.58. The van der Waals surface area contributed by atoms with Gasteiger partial charge >= 0.3 is 0 Å². The molecule has 0 spiro atoms. The van der Waals surface area contributed by atoms with E-state index in [9.17, 15) is 0 Å². The van der Waals surface area contributed by atoms with Gasteiger partial charge in [0.15, 0.2) is 0 Å². The summed E-state index contributed by atoms with van der Waals surface area (Å²) in [7, 11) is 0. The summed E-state index contributed by atoms with van der Waals surface area (Å²) in [5.74, 6) is 0.524. The zero-order valence-corrected chi connectivity index (χ0v) is 13.3. The summed E-state index contributed by atoms with van der Waals surface area (Å²) in [6, 6.07) is 6.91. The average Bonchev–Trinajstić information content (AvgIpc) is 2.97. The maximum absolute atomic E-state index is 6.41. The van der Waals surface area contributed by atoms with Crippen LogP contribution in [0.15, 0.2) is 18.2 Å². The Hall–Kier alpha value is -0.440. The molecule has 0 radical (unpaired) electrons. The highest BCUT2D eigenvalue weighted by Gasteiger charge is 2.29. The van der Waals surface area contributed by atoms with Gasteiger partial charge in [-0.3, -0.25) is 4.90 Å². The summed E-state index contributed by atoms with van der Waals surface area (Å²) in [6.07, 6.45) is 5.38. The Kier molecular flexibility index (Phi) is 4.75. The highest BCUT2D eigenvalue weighted by Crippen LogP contribution is 2.31. The van der Waals surface area contributed by atoms with Crippen LogP contribution in [0.4, 0.5) is 5.69 Å². The van der Waals surface area contributed by atoms with E-state index in [1.807, 2.05) is 6.07 Å². The number of halogens is 2. The maximum atomic E-state index is 6.41. The predicted molar refractivity (Wildman–Crippen MR) is 87.1 cm³/mol. The SMILES string of the molecule is ClCc1ccc(N2CCC(N3CCCCC3)C2)c(Cl)c1. The minimum atomic E-state index is 0.524. The maximum Gasteiger partial charge on any atom is 0.0642 e. The zero-order valence-electron chi connectivity index (χ0n) is 11.8. The van der Waals surface area contributed by atoms with Crippen molar-refractivity contribution in [3.63, 3.8) is 0 Å². The van der Waals surface area contributed by atoms with Gasteiger partial charge in [-0.15, -0.1) is 11.6 Å². The molecule has 0 saturated carbocycles. The fourth-order valence-corrected chi connectivity index (χ4v) is 3.92. The molecule has 0 aromatic heterocycles. The molecule has 2 heterocycles. The smallest absolute Gasteiger partial charge is 0.0642 e. The third-order valence-corrected chi connectivity index (χ3v) is 5.19. The molecule has 0 N–H and O–H groups in total. The van der Waals surface area contributed by atoms with E-state index in [-0.39, 0.29) is 0 Å². The van der Waals surface area contributed by atoms with Crippen LogP contribution < -0.4 is 4.90 Å². The number of benzene rings is 1. The van der Waals surface area contributed by atoms with Crippen molar-refractivity contribution in [1.82, 2.24) is 4.90 Å². The fourth-order valence-electron chi connectivity index (χ4n) is 3.43. The van der Waals surface area contributed by atoms with Gasteiger partial charge in [-0.1, -0.05) is 24.1 Å². The molecule has 1 atom stereocenters. The molecule has 4 heteroatoms. The molecule has 2 saturated heterocycles. The van der Waals surface area contributed by atoms with Gasteiger partial charge in [0.25, 0.3) is 0 Å². The lowest BCUT2D eigenvalue weighted by atomic mass is 10.1. The molecular formula is C16H22Cl2N2. The molecule has 2 fully saturated rings. The van der Waals surface area contributed by atoms with Crippen molar-refractivity contribution in [2.45, 2.75) is 37.6 Å². The number of likely N-dealkylation sites (tertiary alicyclic amines) is 1. The lowest BCUT2D eigenvalue weighted by Crippen LogP contribution is -2.40. The highest BCUT2D eigenvalue weighted by atomic mass is 35.5. The fraction of sp³-hybridized carbons (Fsp3) is 0.625. The van der Waals surface area contributed by atoms with Crippen molar-refractivity contribution in [2.75, 3.05) is 31.1 Å². The van der Waals surface area contributed by atoms with Gasteiger partial charge in [-0.05, 0) is 50.0 Å². The molecule has 1 aromatic rings. The van der Waals surface area contributed by atoms with Crippen molar-refractivity contribution in [3.05, 3.63) is 28.8 Å². The van der Waals surface area contributed by atoms with Crippen LogP contribution in [0.5, 0.6) is 0 Å². The van der Waals surface area contributed by atoms with E-state index in [1.165, 1.54) is 44.5 Å². The van der Waals surface area contributed by atoms with Gasteiger partial charge in [0, 0.05) is 25.0 Å². The van der Waals surface area contributed by atoms with Crippen molar-refractivity contribution >= 4 is 28.9 Å². The van der Waals surface area contributed by atoms with Crippen molar-refractivity contribution in [1.29, 1.82) is 0 Å². The number of piperidine rings is 1. The Labute approximate surface area is 131 Å². The molecular weight excluding hydrogens is 291 g/mol. The van der Waals surface area contributed by atoms with E-state index in [2.05, 4.69) is 21.9 Å². The van der Waals surface area contributed by atoms with E-state index >= 15 is 0 Å². The van der Waals surface area contributed by atoms with Crippen LogP contribution in [-0.2, 0) is 5.88 Å². The summed E-state index contributed by atoms with van der Waals surface area (Å²) >= 11 is 12.3.